The lowest BCUT2D eigenvalue weighted by Crippen LogP contribution is -2.43. The first-order valence-corrected chi connectivity index (χ1v) is 12.8. The van der Waals surface area contributed by atoms with Crippen LogP contribution in [-0.2, 0) is 9.59 Å². The summed E-state index contributed by atoms with van der Waals surface area (Å²) in [5.74, 6) is 0.652. The van der Waals surface area contributed by atoms with Crippen molar-refractivity contribution in [3.05, 3.63) is 65.7 Å². The molecule has 0 spiro atoms. The quantitative estimate of drug-likeness (QED) is 0.407. The molecule has 0 atom stereocenters. The number of amides is 2. The lowest BCUT2D eigenvalue weighted by molar-refractivity contribution is -0.139. The van der Waals surface area contributed by atoms with Crippen molar-refractivity contribution >= 4 is 29.2 Å². The van der Waals surface area contributed by atoms with Crippen molar-refractivity contribution in [2.24, 2.45) is 11.8 Å². The first kappa shape index (κ1) is 25.0. The van der Waals surface area contributed by atoms with Crippen molar-refractivity contribution in [2.75, 3.05) is 18.4 Å². The van der Waals surface area contributed by atoms with E-state index in [1.165, 1.54) is 6.42 Å². The number of para-hydroxylation sites is 1. The minimum Gasteiger partial charge on any atom is -0.333 e. The highest BCUT2D eigenvalue weighted by atomic mass is 35.5. The van der Waals surface area contributed by atoms with Crippen molar-refractivity contribution in [1.29, 1.82) is 0 Å². The molecule has 6 nitrogen and oxygen atoms in total. The summed E-state index contributed by atoms with van der Waals surface area (Å²) in [5.41, 5.74) is 2.32. The SMILES string of the molecule is CC(C)CN(CC(=O)Nc1cc(-c2ccccc2)nn1-c1ccccc1Cl)C(=O)C1CCCCC1. The van der Waals surface area contributed by atoms with Gasteiger partial charge in [-0.3, -0.25) is 9.59 Å². The molecule has 2 amide bonds. The molecule has 2 aromatic carbocycles. The molecular weight excluding hydrogens is 460 g/mol. The molecule has 1 aliphatic carbocycles. The maximum absolute atomic E-state index is 13.3. The molecule has 0 radical (unpaired) electrons. The number of anilines is 1. The number of nitrogens with zero attached hydrogens (tertiary/aromatic N) is 3. The van der Waals surface area contributed by atoms with Crippen LogP contribution in [0.15, 0.2) is 60.7 Å². The van der Waals surface area contributed by atoms with Crippen LogP contribution in [0.1, 0.15) is 46.0 Å². The number of aromatic nitrogens is 2. The Hall–Kier alpha value is -3.12. The third-order valence-electron chi connectivity index (χ3n) is 6.31. The van der Waals surface area contributed by atoms with Gasteiger partial charge in [0.25, 0.3) is 0 Å². The van der Waals surface area contributed by atoms with E-state index < -0.39 is 0 Å². The Morgan fingerprint density at radius 3 is 2.43 bits per heavy atom. The van der Waals surface area contributed by atoms with Crippen LogP contribution in [0.25, 0.3) is 16.9 Å². The predicted octanol–water partition coefficient (Wildman–Crippen LogP) is 6.20. The minimum absolute atomic E-state index is 0.0158. The van der Waals surface area contributed by atoms with Gasteiger partial charge in [-0.25, -0.2) is 4.68 Å². The first-order valence-electron chi connectivity index (χ1n) is 12.4. The fourth-order valence-electron chi connectivity index (χ4n) is 4.66. The topological polar surface area (TPSA) is 67.2 Å². The van der Waals surface area contributed by atoms with E-state index in [2.05, 4.69) is 19.2 Å². The van der Waals surface area contributed by atoms with Gasteiger partial charge in [-0.05, 0) is 30.9 Å². The zero-order chi connectivity index (χ0) is 24.8. The summed E-state index contributed by atoms with van der Waals surface area (Å²) in [5, 5.41) is 8.26. The number of rotatable bonds is 8. The van der Waals surface area contributed by atoms with E-state index in [9.17, 15) is 9.59 Å². The van der Waals surface area contributed by atoms with Crippen LogP contribution in [0, 0.1) is 11.8 Å². The van der Waals surface area contributed by atoms with Gasteiger partial charge in [0.1, 0.15) is 5.82 Å². The van der Waals surface area contributed by atoms with Crippen LogP contribution < -0.4 is 5.32 Å². The highest BCUT2D eigenvalue weighted by Gasteiger charge is 2.28. The molecule has 1 N–H and O–H groups in total. The molecule has 1 aromatic heterocycles. The number of carbonyl (C=O) groups excluding carboxylic acids is 2. The molecule has 1 aliphatic rings. The molecule has 3 aromatic rings. The monoisotopic (exact) mass is 492 g/mol. The van der Waals surface area contributed by atoms with Crippen LogP contribution in [-0.4, -0.2) is 39.6 Å². The number of carbonyl (C=O) groups is 2. The third kappa shape index (κ3) is 6.31. The Kier molecular flexibility index (Phi) is 8.24. The second-order valence-electron chi connectivity index (χ2n) is 9.64. The van der Waals surface area contributed by atoms with Crippen molar-refractivity contribution in [1.82, 2.24) is 14.7 Å². The highest BCUT2D eigenvalue weighted by molar-refractivity contribution is 6.32. The van der Waals surface area contributed by atoms with E-state index in [4.69, 9.17) is 16.7 Å². The van der Waals surface area contributed by atoms with E-state index >= 15 is 0 Å². The molecule has 1 saturated carbocycles. The maximum atomic E-state index is 13.3. The van der Waals surface area contributed by atoms with Gasteiger partial charge in [0.05, 0.1) is 22.9 Å². The Morgan fingerprint density at radius 2 is 1.74 bits per heavy atom. The normalized spacial score (nSPS) is 14.2. The fourth-order valence-corrected chi connectivity index (χ4v) is 4.88. The maximum Gasteiger partial charge on any atom is 0.245 e. The summed E-state index contributed by atoms with van der Waals surface area (Å²) in [6, 6.07) is 19.0. The zero-order valence-corrected chi connectivity index (χ0v) is 21.2. The van der Waals surface area contributed by atoms with Gasteiger partial charge in [-0.1, -0.05) is 87.2 Å². The second kappa shape index (κ2) is 11.5. The highest BCUT2D eigenvalue weighted by Crippen LogP contribution is 2.29. The van der Waals surface area contributed by atoms with Gasteiger partial charge in [-0.15, -0.1) is 0 Å². The number of benzene rings is 2. The fraction of sp³-hybridized carbons (Fsp3) is 0.393. The third-order valence-corrected chi connectivity index (χ3v) is 6.63. The molecule has 0 bridgehead atoms. The van der Waals surface area contributed by atoms with E-state index in [0.717, 1.165) is 36.9 Å². The van der Waals surface area contributed by atoms with Crippen molar-refractivity contribution in [3.8, 4) is 16.9 Å². The summed E-state index contributed by atoms with van der Waals surface area (Å²) >= 11 is 6.47. The molecule has 184 valence electrons. The Labute approximate surface area is 212 Å². The Balaban J connectivity index is 1.58. The van der Waals surface area contributed by atoms with Crippen LogP contribution in [0.3, 0.4) is 0 Å². The molecule has 0 unspecified atom stereocenters. The van der Waals surface area contributed by atoms with Gasteiger partial charge < -0.3 is 10.2 Å². The van der Waals surface area contributed by atoms with Crippen LogP contribution in [0.5, 0.6) is 0 Å². The van der Waals surface area contributed by atoms with Gasteiger partial charge in [0.2, 0.25) is 11.8 Å². The molecule has 35 heavy (non-hydrogen) atoms. The standard InChI is InChI=1S/C28H33ClN4O2/c1-20(2)18-32(28(35)22-13-7-4-8-14-22)19-27(34)30-26-17-24(21-11-5-3-6-12-21)31-33(26)25-16-10-9-15-23(25)29/h3,5-6,9-12,15-17,20,22H,4,7-8,13-14,18-19H2,1-2H3,(H,30,34). The minimum atomic E-state index is -0.248. The van der Waals surface area contributed by atoms with Crippen LogP contribution in [0.4, 0.5) is 5.82 Å². The summed E-state index contributed by atoms with van der Waals surface area (Å²) in [6.07, 6.45) is 5.17. The van der Waals surface area contributed by atoms with Gasteiger partial charge in [0.15, 0.2) is 0 Å². The lowest BCUT2D eigenvalue weighted by Gasteiger charge is -2.30. The summed E-state index contributed by atoms with van der Waals surface area (Å²) < 4.78 is 1.65. The van der Waals surface area contributed by atoms with E-state index in [0.29, 0.717) is 23.1 Å². The molecule has 0 aliphatic heterocycles. The van der Waals surface area contributed by atoms with Gasteiger partial charge in [0, 0.05) is 24.1 Å². The average molecular weight is 493 g/mol. The molecule has 1 fully saturated rings. The van der Waals surface area contributed by atoms with Crippen molar-refractivity contribution in [2.45, 2.75) is 46.0 Å². The number of hydrogen-bond acceptors (Lipinski definition) is 3. The number of halogens is 1. The molecule has 4 rings (SSSR count). The number of hydrogen-bond donors (Lipinski definition) is 1. The second-order valence-corrected chi connectivity index (χ2v) is 10.0. The zero-order valence-electron chi connectivity index (χ0n) is 20.4. The average Bonchev–Trinajstić information content (AvgIpc) is 3.27. The summed E-state index contributed by atoms with van der Waals surface area (Å²) in [6.45, 7) is 4.71. The smallest absolute Gasteiger partial charge is 0.245 e. The lowest BCUT2D eigenvalue weighted by atomic mass is 9.88. The van der Waals surface area contributed by atoms with E-state index in [1.54, 1.807) is 15.6 Å². The Bertz CT molecular complexity index is 1150. The van der Waals surface area contributed by atoms with E-state index in [-0.39, 0.29) is 30.2 Å². The Morgan fingerprint density at radius 1 is 1.06 bits per heavy atom. The van der Waals surface area contributed by atoms with Gasteiger partial charge >= 0.3 is 0 Å². The molecule has 0 saturated heterocycles. The predicted molar refractivity (Wildman–Crippen MR) is 141 cm³/mol. The summed E-state index contributed by atoms with van der Waals surface area (Å²) in [7, 11) is 0. The van der Waals surface area contributed by atoms with Crippen LogP contribution >= 0.6 is 11.6 Å². The molecule has 1 heterocycles. The van der Waals surface area contributed by atoms with E-state index in [1.807, 2.05) is 54.6 Å². The van der Waals surface area contributed by atoms with Crippen molar-refractivity contribution < 1.29 is 9.59 Å². The van der Waals surface area contributed by atoms with Gasteiger partial charge in [-0.2, -0.15) is 5.10 Å². The molecular formula is C28H33ClN4O2. The summed E-state index contributed by atoms with van der Waals surface area (Å²) in [4.78, 5) is 28.2. The largest absolute Gasteiger partial charge is 0.333 e. The number of nitrogens with one attached hydrogen (secondary N) is 1. The first-order chi connectivity index (χ1) is 16.9. The van der Waals surface area contributed by atoms with Crippen molar-refractivity contribution in [3.63, 3.8) is 0 Å². The van der Waals surface area contributed by atoms with Crippen LogP contribution in [0.2, 0.25) is 5.02 Å². The molecule has 7 heteroatoms.